The van der Waals surface area contributed by atoms with Gasteiger partial charge in [0, 0.05) is 10.4 Å². The molecule has 0 unspecified atom stereocenters. The van der Waals surface area contributed by atoms with E-state index < -0.39 is 0 Å². The molecule has 1 fully saturated rings. The van der Waals surface area contributed by atoms with Gasteiger partial charge in [-0.15, -0.1) is 11.8 Å². The van der Waals surface area contributed by atoms with Crippen LogP contribution in [-0.4, -0.2) is 5.75 Å². The molecule has 0 atom stereocenters. The second kappa shape index (κ2) is 3.01. The second-order valence-electron chi connectivity index (χ2n) is 4.43. The van der Waals surface area contributed by atoms with Gasteiger partial charge in [0.25, 0.3) is 0 Å². The van der Waals surface area contributed by atoms with Crippen LogP contribution in [0.25, 0.3) is 0 Å². The Labute approximate surface area is 89.1 Å². The van der Waals surface area contributed by atoms with E-state index in [-0.39, 0.29) is 5.54 Å². The van der Waals surface area contributed by atoms with E-state index in [0.29, 0.717) is 0 Å². The number of nitrogens with two attached hydrogens (primary N) is 1. The third kappa shape index (κ3) is 1.37. The molecule has 1 aromatic rings. The first-order valence-corrected chi connectivity index (χ1v) is 6.32. The summed E-state index contributed by atoms with van der Waals surface area (Å²) in [6.07, 6.45) is 4.90. The Morgan fingerprint density at radius 2 is 2.14 bits per heavy atom. The molecule has 0 bridgehead atoms. The Hall–Kier alpha value is -0.470. The summed E-state index contributed by atoms with van der Waals surface area (Å²) in [5.74, 6) is 1.27. The molecule has 0 aromatic heterocycles. The van der Waals surface area contributed by atoms with Crippen molar-refractivity contribution >= 4 is 11.8 Å². The van der Waals surface area contributed by atoms with E-state index in [4.69, 9.17) is 5.73 Å². The highest BCUT2D eigenvalue weighted by molar-refractivity contribution is 7.99. The maximum Gasteiger partial charge on any atom is 0.0411 e. The maximum absolute atomic E-state index is 6.19. The average molecular weight is 205 g/mol. The predicted octanol–water partition coefficient (Wildman–Crippen LogP) is 2.67. The molecule has 1 aromatic carbocycles. The van der Waals surface area contributed by atoms with Crippen molar-refractivity contribution in [2.45, 2.75) is 36.1 Å². The van der Waals surface area contributed by atoms with Gasteiger partial charge in [-0.25, -0.2) is 0 Å². The van der Waals surface area contributed by atoms with E-state index in [2.05, 4.69) is 18.2 Å². The van der Waals surface area contributed by atoms with Gasteiger partial charge in [0.2, 0.25) is 0 Å². The third-order valence-electron chi connectivity index (χ3n) is 3.28. The standard InChI is InChI=1S/C12H15NS/c13-12(5-6-12)10-4-3-9-2-1-7-14-11(9)8-10/h3-4,8H,1-2,5-7,13H2. The van der Waals surface area contributed by atoms with Crippen molar-refractivity contribution in [2.75, 3.05) is 5.75 Å². The van der Waals surface area contributed by atoms with Crippen molar-refractivity contribution in [1.82, 2.24) is 0 Å². The first-order chi connectivity index (χ1) is 6.78. The molecule has 2 aliphatic rings. The molecule has 1 saturated carbocycles. The second-order valence-corrected chi connectivity index (χ2v) is 5.57. The van der Waals surface area contributed by atoms with Gasteiger partial charge < -0.3 is 5.73 Å². The van der Waals surface area contributed by atoms with Crippen LogP contribution < -0.4 is 5.73 Å². The SMILES string of the molecule is NC1(c2ccc3c(c2)SCCC3)CC1. The molecule has 3 rings (SSSR count). The molecule has 1 nitrogen and oxygen atoms in total. The lowest BCUT2D eigenvalue weighted by atomic mass is 10.0. The summed E-state index contributed by atoms with van der Waals surface area (Å²) in [5, 5.41) is 0. The lowest BCUT2D eigenvalue weighted by molar-refractivity contribution is 0.734. The fourth-order valence-electron chi connectivity index (χ4n) is 2.07. The predicted molar refractivity (Wildman–Crippen MR) is 60.6 cm³/mol. The molecule has 1 heterocycles. The summed E-state index contributed by atoms with van der Waals surface area (Å²) in [6, 6.07) is 6.84. The molecule has 2 N–H and O–H groups in total. The molecular formula is C12H15NS. The largest absolute Gasteiger partial charge is 0.321 e. The summed E-state index contributed by atoms with van der Waals surface area (Å²) in [5.41, 5.74) is 9.10. The van der Waals surface area contributed by atoms with Crippen LogP contribution in [-0.2, 0) is 12.0 Å². The molecule has 14 heavy (non-hydrogen) atoms. The van der Waals surface area contributed by atoms with Gasteiger partial charge in [-0.3, -0.25) is 0 Å². The number of rotatable bonds is 1. The number of hydrogen-bond acceptors (Lipinski definition) is 2. The monoisotopic (exact) mass is 205 g/mol. The van der Waals surface area contributed by atoms with E-state index in [9.17, 15) is 0 Å². The zero-order valence-electron chi connectivity index (χ0n) is 8.25. The van der Waals surface area contributed by atoms with Crippen LogP contribution in [0.2, 0.25) is 0 Å². The summed E-state index contributed by atoms with van der Waals surface area (Å²) < 4.78 is 0. The van der Waals surface area contributed by atoms with Crippen LogP contribution in [0.3, 0.4) is 0 Å². The van der Waals surface area contributed by atoms with Crippen molar-refractivity contribution in [1.29, 1.82) is 0 Å². The number of benzene rings is 1. The van der Waals surface area contributed by atoms with Gasteiger partial charge in [0.1, 0.15) is 0 Å². The lowest BCUT2D eigenvalue weighted by Gasteiger charge is -2.18. The van der Waals surface area contributed by atoms with Crippen LogP contribution in [0.5, 0.6) is 0 Å². The number of hydrogen-bond donors (Lipinski definition) is 1. The minimum atomic E-state index is 0.0348. The quantitative estimate of drug-likeness (QED) is 0.763. The zero-order chi connectivity index (χ0) is 9.60. The minimum absolute atomic E-state index is 0.0348. The molecule has 0 saturated heterocycles. The Kier molecular flexibility index (Phi) is 1.89. The Morgan fingerprint density at radius 1 is 1.29 bits per heavy atom. The van der Waals surface area contributed by atoms with E-state index in [0.717, 1.165) is 12.8 Å². The third-order valence-corrected chi connectivity index (χ3v) is 4.46. The van der Waals surface area contributed by atoms with Crippen molar-refractivity contribution in [3.8, 4) is 0 Å². The van der Waals surface area contributed by atoms with Crippen LogP contribution in [0, 0.1) is 0 Å². The normalized spacial score (nSPS) is 22.9. The van der Waals surface area contributed by atoms with E-state index in [1.807, 2.05) is 11.8 Å². The molecule has 1 aliphatic carbocycles. The highest BCUT2D eigenvalue weighted by Crippen LogP contribution is 2.44. The summed E-state index contributed by atoms with van der Waals surface area (Å²) in [4.78, 5) is 1.48. The molecule has 0 radical (unpaired) electrons. The van der Waals surface area contributed by atoms with Gasteiger partial charge in [-0.2, -0.15) is 0 Å². The highest BCUT2D eigenvalue weighted by Gasteiger charge is 2.40. The number of thioether (sulfide) groups is 1. The van der Waals surface area contributed by atoms with Gasteiger partial charge >= 0.3 is 0 Å². The first-order valence-electron chi connectivity index (χ1n) is 5.33. The van der Waals surface area contributed by atoms with Gasteiger partial charge in [0.05, 0.1) is 0 Å². The van der Waals surface area contributed by atoms with Crippen LogP contribution >= 0.6 is 11.8 Å². The highest BCUT2D eigenvalue weighted by atomic mass is 32.2. The van der Waals surface area contributed by atoms with Crippen molar-refractivity contribution in [3.63, 3.8) is 0 Å². The zero-order valence-corrected chi connectivity index (χ0v) is 9.07. The Bertz CT molecular complexity index is 369. The molecular weight excluding hydrogens is 190 g/mol. The minimum Gasteiger partial charge on any atom is -0.321 e. The molecule has 0 spiro atoms. The van der Waals surface area contributed by atoms with Crippen LogP contribution in [0.1, 0.15) is 30.4 Å². The van der Waals surface area contributed by atoms with Gasteiger partial charge in [-0.1, -0.05) is 12.1 Å². The summed E-state index contributed by atoms with van der Waals surface area (Å²) in [7, 11) is 0. The molecule has 0 amide bonds. The Morgan fingerprint density at radius 3 is 2.93 bits per heavy atom. The van der Waals surface area contributed by atoms with Crippen molar-refractivity contribution in [3.05, 3.63) is 29.3 Å². The maximum atomic E-state index is 6.19. The number of aryl methyl sites for hydroxylation is 1. The summed E-state index contributed by atoms with van der Waals surface area (Å²) in [6.45, 7) is 0. The molecule has 1 aliphatic heterocycles. The smallest absolute Gasteiger partial charge is 0.0411 e. The topological polar surface area (TPSA) is 26.0 Å². The van der Waals surface area contributed by atoms with E-state index in [1.165, 1.54) is 34.6 Å². The van der Waals surface area contributed by atoms with Crippen LogP contribution in [0.4, 0.5) is 0 Å². The van der Waals surface area contributed by atoms with Crippen molar-refractivity contribution < 1.29 is 0 Å². The van der Waals surface area contributed by atoms with Crippen molar-refractivity contribution in [2.24, 2.45) is 5.73 Å². The van der Waals surface area contributed by atoms with E-state index >= 15 is 0 Å². The number of fused-ring (bicyclic) bond motifs is 1. The first kappa shape index (κ1) is 8.81. The molecule has 2 heteroatoms. The van der Waals surface area contributed by atoms with Gasteiger partial charge in [0.15, 0.2) is 0 Å². The van der Waals surface area contributed by atoms with Gasteiger partial charge in [-0.05, 0) is 48.6 Å². The average Bonchev–Trinajstić information content (AvgIpc) is 2.97. The fraction of sp³-hybridized carbons (Fsp3) is 0.500. The van der Waals surface area contributed by atoms with Crippen LogP contribution in [0.15, 0.2) is 23.1 Å². The fourth-order valence-corrected chi connectivity index (χ4v) is 3.15. The Balaban J connectivity index is 2.01. The lowest BCUT2D eigenvalue weighted by Crippen LogP contribution is -2.19. The molecule has 74 valence electrons. The van der Waals surface area contributed by atoms with E-state index in [1.54, 1.807) is 0 Å². The summed E-state index contributed by atoms with van der Waals surface area (Å²) >= 11 is 1.99.